The summed E-state index contributed by atoms with van der Waals surface area (Å²) < 4.78 is 25.3. The first-order valence-electron chi connectivity index (χ1n) is 5.46. The van der Waals surface area contributed by atoms with Gasteiger partial charge in [0.15, 0.2) is 5.03 Å². The number of pyridine rings is 1. The molecule has 1 fully saturated rings. The lowest BCUT2D eigenvalue weighted by Gasteiger charge is -2.15. The number of hydrogen-bond donors (Lipinski definition) is 1. The Labute approximate surface area is 119 Å². The molecule has 0 radical (unpaired) electrons. The van der Waals surface area contributed by atoms with E-state index in [2.05, 4.69) is 15.4 Å². The van der Waals surface area contributed by atoms with Crippen LogP contribution in [0.2, 0.25) is 5.15 Å². The Bertz CT molecular complexity index is 645. The van der Waals surface area contributed by atoms with Gasteiger partial charge in [-0.15, -0.1) is 0 Å². The number of aromatic nitrogens is 1. The number of hydrazone groups is 1. The molecule has 1 aliphatic heterocycles. The van der Waals surface area contributed by atoms with Crippen LogP contribution in [0.4, 0.5) is 0 Å². The second-order valence-electron chi connectivity index (χ2n) is 3.91. The number of guanidine groups is 1. The fourth-order valence-electron chi connectivity index (χ4n) is 1.68. The number of nitro groups is 1. The Hall–Kier alpha value is -1.94. The van der Waals surface area contributed by atoms with Gasteiger partial charge in [-0.2, -0.15) is 0 Å². The number of hydrogen-bond acceptors (Lipinski definition) is 5. The lowest BCUT2D eigenvalue weighted by atomic mass is 10.3. The summed E-state index contributed by atoms with van der Waals surface area (Å²) in [6, 6.07) is 3.00. The van der Waals surface area contributed by atoms with E-state index in [1.165, 1.54) is 18.3 Å². The van der Waals surface area contributed by atoms with E-state index in [0.29, 0.717) is 5.56 Å². The second-order valence-corrected chi connectivity index (χ2v) is 6.19. The van der Waals surface area contributed by atoms with E-state index in [-0.39, 0.29) is 30.0 Å². The van der Waals surface area contributed by atoms with Crippen LogP contribution in [0.3, 0.4) is 0 Å². The van der Waals surface area contributed by atoms with E-state index >= 15 is 0 Å². The Morgan fingerprint density at radius 1 is 1.55 bits per heavy atom. The molecule has 20 heavy (non-hydrogen) atoms. The highest BCUT2D eigenvalue weighted by Gasteiger charge is 2.32. The van der Waals surface area contributed by atoms with Crippen molar-refractivity contribution in [1.29, 1.82) is 0 Å². The van der Waals surface area contributed by atoms with Crippen molar-refractivity contribution in [2.45, 2.75) is 5.75 Å². The van der Waals surface area contributed by atoms with E-state index in [1.54, 1.807) is 0 Å². The van der Waals surface area contributed by atoms with Gasteiger partial charge in [-0.05, 0) is 11.6 Å². The normalized spacial score (nSPS) is 17.2. The predicted molar refractivity (Wildman–Crippen MR) is 71.0 cm³/mol. The van der Waals surface area contributed by atoms with Crippen LogP contribution < -0.4 is 5.32 Å². The first-order valence-corrected chi connectivity index (χ1v) is 7.45. The Kier molecular flexibility index (Phi) is 4.04. The molecule has 0 unspecified atom stereocenters. The smallest absolute Gasteiger partial charge is 0.285 e. The molecule has 9 nitrogen and oxygen atoms in total. The maximum Gasteiger partial charge on any atom is 0.285 e. The molecule has 1 N–H and O–H groups in total. The number of sulfonamides is 1. The molecule has 1 saturated heterocycles. The molecule has 2 heterocycles. The van der Waals surface area contributed by atoms with E-state index in [4.69, 9.17) is 11.6 Å². The fraction of sp³-hybridized carbons (Fsp3) is 0.333. The van der Waals surface area contributed by atoms with Gasteiger partial charge in [-0.3, -0.25) is 0 Å². The molecule has 1 aromatic rings. The number of nitrogens with zero attached hydrogens (tertiary/aromatic N) is 4. The van der Waals surface area contributed by atoms with Crippen LogP contribution in [0.1, 0.15) is 5.56 Å². The van der Waals surface area contributed by atoms with Gasteiger partial charge in [0.2, 0.25) is 10.0 Å². The van der Waals surface area contributed by atoms with Crippen LogP contribution in [0.15, 0.2) is 23.4 Å². The fourth-order valence-corrected chi connectivity index (χ4v) is 3.27. The average Bonchev–Trinajstić information content (AvgIpc) is 2.80. The second kappa shape index (κ2) is 5.59. The summed E-state index contributed by atoms with van der Waals surface area (Å²) in [5.41, 5.74) is 0.432. The van der Waals surface area contributed by atoms with Crippen molar-refractivity contribution < 1.29 is 13.5 Å². The lowest BCUT2D eigenvalue weighted by molar-refractivity contribution is -0.485. The van der Waals surface area contributed by atoms with Crippen molar-refractivity contribution in [1.82, 2.24) is 14.6 Å². The first-order chi connectivity index (χ1) is 9.38. The van der Waals surface area contributed by atoms with Gasteiger partial charge < -0.3 is 5.32 Å². The number of halogens is 1. The maximum absolute atomic E-state index is 12.2. The third-order valence-electron chi connectivity index (χ3n) is 2.48. The largest absolute Gasteiger partial charge is 0.348 e. The average molecular weight is 320 g/mol. The minimum Gasteiger partial charge on any atom is -0.348 e. The van der Waals surface area contributed by atoms with Crippen molar-refractivity contribution in [3.8, 4) is 0 Å². The molecular weight excluding hydrogens is 310 g/mol. The van der Waals surface area contributed by atoms with Crippen LogP contribution in [0.5, 0.6) is 0 Å². The zero-order chi connectivity index (χ0) is 14.8. The van der Waals surface area contributed by atoms with E-state index in [9.17, 15) is 18.5 Å². The molecule has 2 rings (SSSR count). The Morgan fingerprint density at radius 2 is 2.30 bits per heavy atom. The van der Waals surface area contributed by atoms with Crippen molar-refractivity contribution >= 4 is 27.6 Å². The monoisotopic (exact) mass is 319 g/mol. The van der Waals surface area contributed by atoms with Crippen molar-refractivity contribution in [2.24, 2.45) is 5.10 Å². The molecule has 0 spiro atoms. The highest BCUT2D eigenvalue weighted by Crippen LogP contribution is 2.14. The molecule has 108 valence electrons. The first kappa shape index (κ1) is 14.5. The molecule has 0 aliphatic carbocycles. The molecule has 0 saturated carbocycles. The van der Waals surface area contributed by atoms with Gasteiger partial charge in [0.25, 0.3) is 5.96 Å². The third-order valence-corrected chi connectivity index (χ3v) is 4.43. The van der Waals surface area contributed by atoms with Gasteiger partial charge in [-0.1, -0.05) is 17.7 Å². The zero-order valence-electron chi connectivity index (χ0n) is 10.1. The topological polar surface area (TPSA) is 118 Å². The minimum absolute atomic E-state index is 0.0933. The van der Waals surface area contributed by atoms with Gasteiger partial charge in [-0.25, -0.2) is 27.8 Å². The molecule has 0 aromatic carbocycles. The highest BCUT2D eigenvalue weighted by atomic mass is 35.5. The van der Waals surface area contributed by atoms with Crippen LogP contribution in [0.25, 0.3) is 0 Å². The Balaban J connectivity index is 2.21. The Morgan fingerprint density at radius 3 is 2.90 bits per heavy atom. The van der Waals surface area contributed by atoms with Gasteiger partial charge in [0, 0.05) is 12.7 Å². The molecule has 0 bridgehead atoms. The van der Waals surface area contributed by atoms with Crippen LogP contribution >= 0.6 is 11.6 Å². The summed E-state index contributed by atoms with van der Waals surface area (Å²) in [7, 11) is -3.77. The third kappa shape index (κ3) is 3.33. The van der Waals surface area contributed by atoms with Crippen molar-refractivity contribution in [3.05, 3.63) is 39.2 Å². The lowest BCUT2D eigenvalue weighted by Crippen LogP contribution is -2.37. The standard InChI is InChI=1S/C9H10ClN5O4S/c10-8-2-1-7(5-12-8)6-20(18,19)14-4-3-11-9(14)13-15(16)17/h1-2,5H,3-4,6H2,(H,11,13). The summed E-state index contributed by atoms with van der Waals surface area (Å²) in [4.78, 5) is 14.1. The summed E-state index contributed by atoms with van der Waals surface area (Å²) in [5, 5.41) is 15.2. The quantitative estimate of drug-likeness (QED) is 0.475. The summed E-state index contributed by atoms with van der Waals surface area (Å²) in [6.45, 7) is 0.362. The minimum atomic E-state index is -3.77. The predicted octanol–water partition coefficient (Wildman–Crippen LogP) is 0.0177. The van der Waals surface area contributed by atoms with Crippen LogP contribution in [-0.2, 0) is 15.8 Å². The van der Waals surface area contributed by atoms with E-state index < -0.39 is 15.1 Å². The van der Waals surface area contributed by atoms with Crippen LogP contribution in [0, 0.1) is 10.1 Å². The molecular formula is C9H10ClN5O4S. The van der Waals surface area contributed by atoms with E-state index in [0.717, 1.165) is 4.31 Å². The summed E-state index contributed by atoms with van der Waals surface area (Å²) in [6.07, 6.45) is 1.34. The maximum atomic E-state index is 12.2. The summed E-state index contributed by atoms with van der Waals surface area (Å²) >= 11 is 5.62. The number of nitrogens with one attached hydrogen (secondary N) is 1. The van der Waals surface area contributed by atoms with Crippen LogP contribution in [-0.4, -0.2) is 41.8 Å². The molecule has 1 aliphatic rings. The van der Waals surface area contributed by atoms with Crippen molar-refractivity contribution in [3.63, 3.8) is 0 Å². The molecule has 0 atom stereocenters. The molecule has 0 amide bonds. The van der Waals surface area contributed by atoms with Crippen molar-refractivity contribution in [2.75, 3.05) is 13.1 Å². The number of rotatable bonds is 4. The van der Waals surface area contributed by atoms with Gasteiger partial charge >= 0.3 is 0 Å². The van der Waals surface area contributed by atoms with Gasteiger partial charge in [0.05, 0.1) is 12.3 Å². The van der Waals surface area contributed by atoms with E-state index in [1.807, 2.05) is 0 Å². The summed E-state index contributed by atoms with van der Waals surface area (Å²) in [5.74, 6) is -0.618. The van der Waals surface area contributed by atoms with Gasteiger partial charge in [0.1, 0.15) is 10.3 Å². The SMILES string of the molecule is O=[N+]([O-])N=C1NCCN1S(=O)(=O)Cc1ccc(Cl)nc1. The molecule has 1 aromatic heterocycles. The zero-order valence-corrected chi connectivity index (χ0v) is 11.6. The highest BCUT2D eigenvalue weighted by molar-refractivity contribution is 7.88. The molecule has 11 heteroatoms.